The molecule has 0 bridgehead atoms. The maximum atomic E-state index is 6.17. The Morgan fingerprint density at radius 2 is 2.18 bits per heavy atom. The van der Waals surface area contributed by atoms with Gasteiger partial charge in [0.15, 0.2) is 0 Å². The van der Waals surface area contributed by atoms with E-state index in [0.717, 1.165) is 19.7 Å². The lowest BCUT2D eigenvalue weighted by atomic mass is 9.85. The van der Waals surface area contributed by atoms with E-state index in [1.54, 1.807) is 0 Å². The number of hydrogen-bond donors (Lipinski definition) is 1. The molecule has 2 rings (SSSR count). The van der Waals surface area contributed by atoms with Gasteiger partial charge in [-0.25, -0.2) is 0 Å². The van der Waals surface area contributed by atoms with Crippen molar-refractivity contribution in [2.24, 2.45) is 5.73 Å². The molecule has 3 nitrogen and oxygen atoms in total. The fourth-order valence-electron chi connectivity index (χ4n) is 3.28. The highest BCUT2D eigenvalue weighted by molar-refractivity contribution is 8.00. The van der Waals surface area contributed by atoms with E-state index >= 15 is 0 Å². The van der Waals surface area contributed by atoms with Crippen LogP contribution in [0.3, 0.4) is 0 Å². The number of ether oxygens (including phenoxy) is 1. The summed E-state index contributed by atoms with van der Waals surface area (Å²) in [5, 5.41) is 0.633. The summed E-state index contributed by atoms with van der Waals surface area (Å²) in [6.45, 7) is 9.45. The zero-order valence-electron chi connectivity index (χ0n) is 11.3. The molecule has 100 valence electrons. The number of thioether (sulfide) groups is 1. The molecule has 2 N–H and O–H groups in total. The van der Waals surface area contributed by atoms with Crippen LogP contribution in [0.2, 0.25) is 0 Å². The van der Waals surface area contributed by atoms with Crippen molar-refractivity contribution in [1.29, 1.82) is 0 Å². The van der Waals surface area contributed by atoms with Gasteiger partial charge in [-0.2, -0.15) is 11.8 Å². The molecule has 0 aliphatic carbocycles. The molecule has 0 aromatic heterocycles. The molecule has 4 unspecified atom stereocenters. The summed E-state index contributed by atoms with van der Waals surface area (Å²) < 4.78 is 5.75. The molecule has 0 saturated carbocycles. The Labute approximate surface area is 109 Å². The van der Waals surface area contributed by atoms with Crippen molar-refractivity contribution < 1.29 is 4.74 Å². The Kier molecular flexibility index (Phi) is 4.40. The highest BCUT2D eigenvalue weighted by Gasteiger charge is 2.46. The zero-order chi connectivity index (χ0) is 12.5. The minimum Gasteiger partial charge on any atom is -0.376 e. The van der Waals surface area contributed by atoms with Gasteiger partial charge in [-0.1, -0.05) is 6.92 Å². The van der Waals surface area contributed by atoms with Crippen LogP contribution in [0.5, 0.6) is 0 Å². The summed E-state index contributed by atoms with van der Waals surface area (Å²) in [6, 6.07) is 0.496. The molecule has 0 aromatic rings. The van der Waals surface area contributed by atoms with Crippen molar-refractivity contribution in [1.82, 2.24) is 4.90 Å². The Morgan fingerprint density at radius 3 is 2.82 bits per heavy atom. The molecule has 2 heterocycles. The van der Waals surface area contributed by atoms with Crippen molar-refractivity contribution in [2.75, 3.05) is 25.4 Å². The van der Waals surface area contributed by atoms with E-state index in [2.05, 4.69) is 37.4 Å². The Morgan fingerprint density at radius 1 is 1.41 bits per heavy atom. The van der Waals surface area contributed by atoms with Crippen LogP contribution < -0.4 is 5.73 Å². The van der Waals surface area contributed by atoms with Crippen molar-refractivity contribution in [2.45, 2.75) is 56.5 Å². The van der Waals surface area contributed by atoms with Crippen LogP contribution in [-0.4, -0.2) is 53.3 Å². The largest absolute Gasteiger partial charge is 0.376 e. The lowest BCUT2D eigenvalue weighted by Crippen LogP contribution is -2.67. The van der Waals surface area contributed by atoms with E-state index in [-0.39, 0.29) is 5.54 Å². The molecular formula is C13H26N2OS. The summed E-state index contributed by atoms with van der Waals surface area (Å²) in [5.74, 6) is 1.29. The van der Waals surface area contributed by atoms with Crippen molar-refractivity contribution in [3.05, 3.63) is 0 Å². The zero-order valence-corrected chi connectivity index (χ0v) is 12.1. The lowest BCUT2D eigenvalue weighted by Gasteiger charge is -2.54. The minimum atomic E-state index is 0.195. The predicted octanol–water partition coefficient (Wildman–Crippen LogP) is 1.71. The van der Waals surface area contributed by atoms with Crippen LogP contribution in [0, 0.1) is 0 Å². The third-order valence-electron chi connectivity index (χ3n) is 4.41. The van der Waals surface area contributed by atoms with Gasteiger partial charge in [0.2, 0.25) is 0 Å². The number of nitrogens with two attached hydrogens (primary N) is 1. The number of hydrogen-bond acceptors (Lipinski definition) is 4. The van der Waals surface area contributed by atoms with Gasteiger partial charge in [0.1, 0.15) is 0 Å². The third-order valence-corrected chi connectivity index (χ3v) is 5.88. The van der Waals surface area contributed by atoms with Gasteiger partial charge in [-0.15, -0.1) is 0 Å². The first-order chi connectivity index (χ1) is 8.10. The molecule has 2 fully saturated rings. The average Bonchev–Trinajstić information content (AvgIpc) is 2.33. The second-order valence-corrected chi connectivity index (χ2v) is 7.02. The standard InChI is InChI=1S/C13H26N2OS/c1-10-8-16-11(2)7-15(10)13(9-14)5-4-6-17-12(13)3/h10-12H,4-9,14H2,1-3H3. The molecule has 4 atom stereocenters. The van der Waals surface area contributed by atoms with E-state index in [1.165, 1.54) is 18.6 Å². The van der Waals surface area contributed by atoms with E-state index in [0.29, 0.717) is 17.4 Å². The van der Waals surface area contributed by atoms with Crippen molar-refractivity contribution in [3.8, 4) is 0 Å². The summed E-state index contributed by atoms with van der Waals surface area (Å²) in [7, 11) is 0. The summed E-state index contributed by atoms with van der Waals surface area (Å²) >= 11 is 2.08. The van der Waals surface area contributed by atoms with Crippen molar-refractivity contribution >= 4 is 11.8 Å². The van der Waals surface area contributed by atoms with Gasteiger partial charge in [0, 0.05) is 29.9 Å². The summed E-state index contributed by atoms with van der Waals surface area (Å²) in [4.78, 5) is 2.64. The smallest absolute Gasteiger partial charge is 0.0675 e. The second-order valence-electron chi connectivity index (χ2n) is 5.57. The third kappa shape index (κ3) is 2.50. The average molecular weight is 258 g/mol. The van der Waals surface area contributed by atoms with Gasteiger partial charge in [-0.3, -0.25) is 4.90 Å². The molecule has 17 heavy (non-hydrogen) atoms. The van der Waals surface area contributed by atoms with Gasteiger partial charge < -0.3 is 10.5 Å². The molecule has 2 saturated heterocycles. The molecule has 0 aromatic carbocycles. The van der Waals surface area contributed by atoms with E-state index < -0.39 is 0 Å². The van der Waals surface area contributed by atoms with Gasteiger partial charge in [0.05, 0.1) is 12.7 Å². The first-order valence-electron chi connectivity index (χ1n) is 6.80. The maximum Gasteiger partial charge on any atom is 0.0675 e. The normalized spacial score (nSPS) is 44.8. The first kappa shape index (κ1) is 13.7. The Balaban J connectivity index is 2.20. The molecule has 4 heteroatoms. The van der Waals surface area contributed by atoms with Gasteiger partial charge in [0.25, 0.3) is 0 Å². The number of nitrogens with zero attached hydrogens (tertiary/aromatic N) is 1. The van der Waals surface area contributed by atoms with Crippen LogP contribution in [-0.2, 0) is 4.74 Å². The fourth-order valence-corrected chi connectivity index (χ4v) is 4.61. The highest BCUT2D eigenvalue weighted by Crippen LogP contribution is 2.39. The number of morpholine rings is 1. The topological polar surface area (TPSA) is 38.5 Å². The number of rotatable bonds is 2. The van der Waals surface area contributed by atoms with Crippen LogP contribution in [0.15, 0.2) is 0 Å². The van der Waals surface area contributed by atoms with Crippen LogP contribution >= 0.6 is 11.8 Å². The molecular weight excluding hydrogens is 232 g/mol. The molecule has 0 radical (unpaired) electrons. The summed E-state index contributed by atoms with van der Waals surface area (Å²) in [5.41, 5.74) is 6.37. The SMILES string of the molecule is CC1CN(C2(CN)CCCSC2C)C(C)CO1. The molecule has 2 aliphatic heterocycles. The fraction of sp³-hybridized carbons (Fsp3) is 1.00. The van der Waals surface area contributed by atoms with E-state index in [4.69, 9.17) is 10.5 Å². The van der Waals surface area contributed by atoms with Crippen molar-refractivity contribution in [3.63, 3.8) is 0 Å². The molecule has 0 spiro atoms. The highest BCUT2D eigenvalue weighted by atomic mass is 32.2. The Bertz CT molecular complexity index is 264. The van der Waals surface area contributed by atoms with Crippen LogP contribution in [0.4, 0.5) is 0 Å². The van der Waals surface area contributed by atoms with E-state index in [9.17, 15) is 0 Å². The second kappa shape index (κ2) is 5.47. The van der Waals surface area contributed by atoms with Gasteiger partial charge in [-0.05, 0) is 32.4 Å². The van der Waals surface area contributed by atoms with Gasteiger partial charge >= 0.3 is 0 Å². The Hall–Kier alpha value is 0.230. The lowest BCUT2D eigenvalue weighted by molar-refractivity contribution is -0.0951. The van der Waals surface area contributed by atoms with E-state index in [1.807, 2.05) is 0 Å². The molecule has 0 amide bonds. The summed E-state index contributed by atoms with van der Waals surface area (Å²) in [6.07, 6.45) is 2.88. The first-order valence-corrected chi connectivity index (χ1v) is 7.85. The maximum absolute atomic E-state index is 6.17. The van der Waals surface area contributed by atoms with Crippen LogP contribution in [0.1, 0.15) is 33.6 Å². The molecule has 2 aliphatic rings. The van der Waals surface area contributed by atoms with Crippen LogP contribution in [0.25, 0.3) is 0 Å². The minimum absolute atomic E-state index is 0.195. The predicted molar refractivity (Wildman–Crippen MR) is 74.5 cm³/mol. The quantitative estimate of drug-likeness (QED) is 0.818. The monoisotopic (exact) mass is 258 g/mol.